The van der Waals surface area contributed by atoms with Gasteiger partial charge in [0.1, 0.15) is 12.4 Å². The standard InChI is InChI=1S/C20H25NO7S/c1-13-17(12-29(25,26)16-6-4-3-5-7-16)18(8-9-22)28-19(13)10-15-11-21(14(2)23)20(24)27-15/h3-7,9,13,15,17-19H,8,10-12H2,1-2H3/t13-,15+,17-,18+,19-/m1/s1. The Balaban J connectivity index is 1.72. The molecule has 2 amide bonds. The van der Waals surface area contributed by atoms with Crippen LogP contribution >= 0.6 is 0 Å². The van der Waals surface area contributed by atoms with E-state index >= 15 is 0 Å². The van der Waals surface area contributed by atoms with Gasteiger partial charge in [-0.3, -0.25) is 4.79 Å². The summed E-state index contributed by atoms with van der Waals surface area (Å²) in [7, 11) is -3.54. The molecule has 2 heterocycles. The minimum absolute atomic E-state index is 0.0971. The summed E-state index contributed by atoms with van der Waals surface area (Å²) in [5.41, 5.74) is 0. The van der Waals surface area contributed by atoms with Gasteiger partial charge in [0.25, 0.3) is 0 Å². The summed E-state index contributed by atoms with van der Waals surface area (Å²) < 4.78 is 36.9. The molecular formula is C20H25NO7S. The summed E-state index contributed by atoms with van der Waals surface area (Å²) >= 11 is 0. The molecule has 0 spiro atoms. The number of hydrogen-bond acceptors (Lipinski definition) is 7. The minimum atomic E-state index is -3.54. The first-order chi connectivity index (χ1) is 13.7. The molecule has 2 saturated heterocycles. The number of cyclic esters (lactones) is 1. The molecule has 1 aromatic rings. The van der Waals surface area contributed by atoms with Crippen molar-refractivity contribution in [3.8, 4) is 0 Å². The fourth-order valence-electron chi connectivity index (χ4n) is 4.06. The molecule has 0 unspecified atom stereocenters. The quantitative estimate of drug-likeness (QED) is 0.616. The number of amides is 2. The van der Waals surface area contributed by atoms with Crippen LogP contribution in [0.3, 0.4) is 0 Å². The summed E-state index contributed by atoms with van der Waals surface area (Å²) in [6, 6.07) is 8.19. The van der Waals surface area contributed by atoms with E-state index in [1.54, 1.807) is 30.3 Å². The second-order valence-electron chi connectivity index (χ2n) is 7.60. The molecule has 0 aliphatic carbocycles. The fraction of sp³-hybridized carbons (Fsp3) is 0.550. The summed E-state index contributed by atoms with van der Waals surface area (Å²) in [6.45, 7) is 3.33. The second-order valence-corrected chi connectivity index (χ2v) is 9.64. The maximum absolute atomic E-state index is 12.8. The van der Waals surface area contributed by atoms with Crippen molar-refractivity contribution in [1.82, 2.24) is 4.90 Å². The maximum Gasteiger partial charge on any atom is 0.416 e. The third-order valence-corrected chi connectivity index (χ3v) is 7.50. The third kappa shape index (κ3) is 4.67. The van der Waals surface area contributed by atoms with Gasteiger partial charge in [0.05, 0.1) is 29.4 Å². The number of sulfone groups is 1. The van der Waals surface area contributed by atoms with Gasteiger partial charge in [-0.2, -0.15) is 0 Å². The highest BCUT2D eigenvalue weighted by molar-refractivity contribution is 7.91. The van der Waals surface area contributed by atoms with Crippen LogP contribution in [0.15, 0.2) is 35.2 Å². The highest BCUT2D eigenvalue weighted by atomic mass is 32.2. The first-order valence-electron chi connectivity index (χ1n) is 9.58. The Bertz CT molecular complexity index is 870. The Morgan fingerprint density at radius 3 is 2.52 bits per heavy atom. The number of imide groups is 1. The van der Waals surface area contributed by atoms with Crippen LogP contribution in [0.25, 0.3) is 0 Å². The van der Waals surface area contributed by atoms with E-state index < -0.39 is 28.1 Å². The molecule has 0 aromatic heterocycles. The van der Waals surface area contributed by atoms with E-state index in [-0.39, 0.29) is 47.5 Å². The molecule has 3 rings (SSSR count). The van der Waals surface area contributed by atoms with E-state index in [9.17, 15) is 22.8 Å². The van der Waals surface area contributed by atoms with Crippen molar-refractivity contribution >= 4 is 28.1 Å². The van der Waals surface area contributed by atoms with E-state index in [1.165, 1.54) is 6.92 Å². The fourth-order valence-corrected chi connectivity index (χ4v) is 5.85. The first kappa shape index (κ1) is 21.4. The third-order valence-electron chi connectivity index (χ3n) is 5.68. The molecule has 0 radical (unpaired) electrons. The van der Waals surface area contributed by atoms with Gasteiger partial charge in [-0.1, -0.05) is 25.1 Å². The summed E-state index contributed by atoms with van der Waals surface area (Å²) in [5.74, 6) is -1.04. The number of nitrogens with zero attached hydrogens (tertiary/aromatic N) is 1. The average Bonchev–Trinajstić information content (AvgIpc) is 3.18. The van der Waals surface area contributed by atoms with Gasteiger partial charge in [0.15, 0.2) is 9.84 Å². The molecule has 1 aromatic carbocycles. The van der Waals surface area contributed by atoms with Gasteiger partial charge < -0.3 is 14.3 Å². The smallest absolute Gasteiger partial charge is 0.416 e. The van der Waals surface area contributed by atoms with E-state index in [2.05, 4.69) is 0 Å². The molecule has 2 aliphatic rings. The van der Waals surface area contributed by atoms with Crippen LogP contribution in [-0.2, 0) is 28.9 Å². The lowest BCUT2D eigenvalue weighted by Crippen LogP contribution is -2.31. The zero-order chi connectivity index (χ0) is 21.2. The number of rotatable bonds is 7. The lowest BCUT2D eigenvalue weighted by atomic mass is 9.87. The largest absolute Gasteiger partial charge is 0.444 e. The highest BCUT2D eigenvalue weighted by Gasteiger charge is 2.46. The lowest BCUT2D eigenvalue weighted by Gasteiger charge is -2.21. The molecule has 0 N–H and O–H groups in total. The molecule has 2 fully saturated rings. The van der Waals surface area contributed by atoms with Crippen molar-refractivity contribution < 1.29 is 32.3 Å². The molecule has 29 heavy (non-hydrogen) atoms. The Labute approximate surface area is 170 Å². The van der Waals surface area contributed by atoms with Crippen molar-refractivity contribution in [2.45, 2.75) is 49.9 Å². The highest BCUT2D eigenvalue weighted by Crippen LogP contribution is 2.38. The summed E-state index contributed by atoms with van der Waals surface area (Å²) in [6.07, 6.45) is -0.920. The predicted molar refractivity (Wildman–Crippen MR) is 103 cm³/mol. The normalized spacial score (nSPS) is 29.7. The number of ether oxygens (including phenoxy) is 2. The number of carbonyl (C=O) groups is 3. The molecule has 2 aliphatic heterocycles. The zero-order valence-electron chi connectivity index (χ0n) is 16.4. The van der Waals surface area contributed by atoms with Crippen molar-refractivity contribution in [3.05, 3.63) is 30.3 Å². The Morgan fingerprint density at radius 1 is 1.24 bits per heavy atom. The van der Waals surface area contributed by atoms with Crippen LogP contribution in [0.5, 0.6) is 0 Å². The molecular weight excluding hydrogens is 398 g/mol. The monoisotopic (exact) mass is 423 g/mol. The topological polar surface area (TPSA) is 107 Å². The maximum atomic E-state index is 12.8. The van der Waals surface area contributed by atoms with Gasteiger partial charge in [0, 0.05) is 25.7 Å². The van der Waals surface area contributed by atoms with Crippen molar-refractivity contribution in [3.63, 3.8) is 0 Å². The molecule has 0 saturated carbocycles. The Morgan fingerprint density at radius 2 is 1.93 bits per heavy atom. The van der Waals surface area contributed by atoms with Gasteiger partial charge >= 0.3 is 6.09 Å². The van der Waals surface area contributed by atoms with E-state index in [1.807, 2.05) is 6.92 Å². The lowest BCUT2D eigenvalue weighted by molar-refractivity contribution is -0.125. The van der Waals surface area contributed by atoms with Crippen LogP contribution in [0, 0.1) is 11.8 Å². The molecule has 9 heteroatoms. The Kier molecular flexibility index (Phi) is 6.38. The average molecular weight is 423 g/mol. The molecule has 8 nitrogen and oxygen atoms in total. The van der Waals surface area contributed by atoms with Crippen LogP contribution in [0.4, 0.5) is 4.79 Å². The van der Waals surface area contributed by atoms with Crippen LogP contribution in [-0.4, -0.2) is 62.2 Å². The van der Waals surface area contributed by atoms with Gasteiger partial charge in [-0.05, 0) is 18.1 Å². The summed E-state index contributed by atoms with van der Waals surface area (Å²) in [5, 5.41) is 0. The van der Waals surface area contributed by atoms with Crippen molar-refractivity contribution in [2.24, 2.45) is 11.8 Å². The van der Waals surface area contributed by atoms with E-state index in [0.717, 1.165) is 11.2 Å². The summed E-state index contributed by atoms with van der Waals surface area (Å²) in [4.78, 5) is 35.6. The molecule has 5 atom stereocenters. The van der Waals surface area contributed by atoms with Crippen molar-refractivity contribution in [1.29, 1.82) is 0 Å². The van der Waals surface area contributed by atoms with Gasteiger partial charge in [0.2, 0.25) is 5.91 Å². The number of aldehydes is 1. The van der Waals surface area contributed by atoms with E-state index in [4.69, 9.17) is 9.47 Å². The first-order valence-corrected chi connectivity index (χ1v) is 11.2. The van der Waals surface area contributed by atoms with Crippen LogP contribution in [0.2, 0.25) is 0 Å². The Hall–Kier alpha value is -2.26. The van der Waals surface area contributed by atoms with Gasteiger partial charge in [-0.25, -0.2) is 18.1 Å². The van der Waals surface area contributed by atoms with Gasteiger partial charge in [-0.15, -0.1) is 0 Å². The molecule has 0 bridgehead atoms. The number of carbonyl (C=O) groups excluding carboxylic acids is 3. The van der Waals surface area contributed by atoms with Crippen LogP contribution < -0.4 is 0 Å². The SMILES string of the molecule is CC(=O)N1C[C@H](C[C@H]2O[C@@H](CC=O)[C@H](CS(=O)(=O)c3ccccc3)[C@H]2C)OC1=O. The number of hydrogen-bond donors (Lipinski definition) is 0. The van der Waals surface area contributed by atoms with Crippen molar-refractivity contribution in [2.75, 3.05) is 12.3 Å². The molecule has 158 valence electrons. The zero-order valence-corrected chi connectivity index (χ0v) is 17.2. The predicted octanol–water partition coefficient (Wildman–Crippen LogP) is 1.83. The van der Waals surface area contributed by atoms with E-state index in [0.29, 0.717) is 6.42 Å². The number of benzene rings is 1. The van der Waals surface area contributed by atoms with Crippen LogP contribution in [0.1, 0.15) is 26.7 Å². The second kappa shape index (κ2) is 8.62. The minimum Gasteiger partial charge on any atom is -0.444 e.